The number of carbonyl (C=O) groups is 2. The first-order chi connectivity index (χ1) is 11.9. The number of hydrogen-bond donors (Lipinski definition) is 3. The molecule has 2 rings (SSSR count). The van der Waals surface area contributed by atoms with Gasteiger partial charge in [0.1, 0.15) is 24.9 Å². The van der Waals surface area contributed by atoms with E-state index in [9.17, 15) is 24.9 Å². The van der Waals surface area contributed by atoms with Crippen molar-refractivity contribution in [3.63, 3.8) is 0 Å². The van der Waals surface area contributed by atoms with Crippen molar-refractivity contribution < 1.29 is 39.1 Å². The summed E-state index contributed by atoms with van der Waals surface area (Å²) >= 11 is 0. The smallest absolute Gasteiger partial charge is 0.431 e. The van der Waals surface area contributed by atoms with Crippen LogP contribution in [0.15, 0.2) is 30.3 Å². The quantitative estimate of drug-likeness (QED) is 0.590. The molecular weight excluding hydrogens is 334 g/mol. The fraction of sp³-hybridized carbons (Fsp3) is 0.500. The van der Waals surface area contributed by atoms with Gasteiger partial charge in [-0.05, 0) is 5.56 Å². The van der Waals surface area contributed by atoms with Crippen molar-refractivity contribution in [1.82, 2.24) is 5.32 Å². The van der Waals surface area contributed by atoms with Crippen molar-refractivity contribution in [2.24, 2.45) is 0 Å². The molecule has 3 N–H and O–H groups in total. The Balaban J connectivity index is 1.99. The molecule has 1 aromatic rings. The van der Waals surface area contributed by atoms with Crippen LogP contribution in [-0.4, -0.2) is 64.6 Å². The van der Waals surface area contributed by atoms with Gasteiger partial charge in [-0.2, -0.15) is 5.32 Å². The fourth-order valence-electron chi connectivity index (χ4n) is 2.35. The molecule has 0 spiro atoms. The summed E-state index contributed by atoms with van der Waals surface area (Å²) in [5.41, 5.74) is 0.746. The molecule has 1 heterocycles. The number of ether oxygens (including phenoxy) is 3. The molecule has 25 heavy (non-hydrogen) atoms. The van der Waals surface area contributed by atoms with E-state index in [1.165, 1.54) is 0 Å². The van der Waals surface area contributed by atoms with Gasteiger partial charge in [0, 0.05) is 6.92 Å². The van der Waals surface area contributed by atoms with E-state index in [0.29, 0.717) is 0 Å². The average Bonchev–Trinajstić information content (AvgIpc) is 2.60. The maximum Gasteiger partial charge on any atom is 0.431 e. The van der Waals surface area contributed by atoms with Crippen LogP contribution in [0.5, 0.6) is 0 Å². The highest BCUT2D eigenvalue weighted by molar-refractivity contribution is 5.68. The van der Waals surface area contributed by atoms with E-state index in [4.69, 9.17) is 14.2 Å². The summed E-state index contributed by atoms with van der Waals surface area (Å²) in [5, 5.41) is 32.7. The second kappa shape index (κ2) is 8.77. The summed E-state index contributed by atoms with van der Waals surface area (Å²) in [4.78, 5) is 23.1. The molecule has 1 aromatic carbocycles. The lowest BCUT2D eigenvalue weighted by Crippen LogP contribution is -2.62. The van der Waals surface area contributed by atoms with Gasteiger partial charge < -0.3 is 29.5 Å². The second-order valence-corrected chi connectivity index (χ2v) is 5.47. The summed E-state index contributed by atoms with van der Waals surface area (Å²) in [6, 6.07) is 8.90. The number of rotatable bonds is 5. The van der Waals surface area contributed by atoms with Crippen molar-refractivity contribution in [2.45, 2.75) is 44.2 Å². The zero-order valence-corrected chi connectivity index (χ0v) is 13.5. The molecule has 0 bridgehead atoms. The number of hydrogen-bond acceptors (Lipinski definition) is 8. The third kappa shape index (κ3) is 5.13. The molecule has 1 radical (unpaired) electrons. The van der Waals surface area contributed by atoms with Crippen LogP contribution in [0.2, 0.25) is 0 Å². The first-order valence-electron chi connectivity index (χ1n) is 7.63. The molecule has 0 aromatic heterocycles. The van der Waals surface area contributed by atoms with E-state index in [2.05, 4.69) is 5.32 Å². The van der Waals surface area contributed by atoms with Gasteiger partial charge in [-0.1, -0.05) is 30.3 Å². The predicted octanol–water partition coefficient (Wildman–Crippen LogP) is -0.702. The zero-order chi connectivity index (χ0) is 18.4. The van der Waals surface area contributed by atoms with Gasteiger partial charge in [0.15, 0.2) is 12.3 Å². The van der Waals surface area contributed by atoms with Crippen LogP contribution in [0.4, 0.5) is 4.79 Å². The summed E-state index contributed by atoms with van der Waals surface area (Å²) in [5.74, 6) is -0.750. The Hall–Kier alpha value is -2.20. The van der Waals surface area contributed by atoms with Gasteiger partial charge in [0.25, 0.3) is 0 Å². The molecule has 1 fully saturated rings. The molecule has 1 aliphatic rings. The van der Waals surface area contributed by atoms with E-state index in [1.807, 2.05) is 6.07 Å². The molecule has 9 nitrogen and oxygen atoms in total. The largest absolute Gasteiger partial charge is 0.455 e. The Labute approximate surface area is 144 Å². The van der Waals surface area contributed by atoms with Gasteiger partial charge in [-0.3, -0.25) is 4.79 Å². The minimum atomic E-state index is -1.58. The standard InChI is InChI=1S/C16H20NO8/c1-9(19)24-14-13(21)12(20)11(7-18)25-15(14)17-16(22)23-8-10-5-3-2-4-6-10/h2-6,11-15,18,20-21H,7-8H2,1H3/t11-,12-,13+,14-,15?/m1/s1. The summed E-state index contributed by atoms with van der Waals surface area (Å²) in [7, 11) is 0. The Kier molecular flexibility index (Phi) is 6.71. The molecule has 1 saturated heterocycles. The van der Waals surface area contributed by atoms with Gasteiger partial charge in [-0.15, -0.1) is 0 Å². The van der Waals surface area contributed by atoms with Gasteiger partial charge in [-0.25, -0.2) is 4.79 Å². The van der Waals surface area contributed by atoms with Crippen LogP contribution < -0.4 is 5.32 Å². The van der Waals surface area contributed by atoms with Gasteiger partial charge in [0.2, 0.25) is 0 Å². The van der Waals surface area contributed by atoms with Crippen LogP contribution in [0, 0.1) is 0 Å². The molecule has 9 heteroatoms. The van der Waals surface area contributed by atoms with Crippen LogP contribution in [0.1, 0.15) is 12.5 Å². The third-order valence-electron chi connectivity index (χ3n) is 3.58. The van der Waals surface area contributed by atoms with Crippen LogP contribution in [-0.2, 0) is 25.6 Å². The molecule has 1 aliphatic heterocycles. The first-order valence-corrected chi connectivity index (χ1v) is 7.63. The topological polar surface area (TPSA) is 137 Å². The highest BCUT2D eigenvalue weighted by Crippen LogP contribution is 2.23. The monoisotopic (exact) mass is 354 g/mol. The number of nitrogens with zero attached hydrogens (tertiary/aromatic N) is 1. The lowest BCUT2D eigenvalue weighted by molar-refractivity contribution is -0.243. The summed E-state index contributed by atoms with van der Waals surface area (Å²) < 4.78 is 15.1. The fourth-order valence-corrected chi connectivity index (χ4v) is 2.35. The average molecular weight is 354 g/mol. The maximum atomic E-state index is 11.9. The number of esters is 1. The maximum absolute atomic E-state index is 11.9. The van der Waals surface area contributed by atoms with E-state index < -0.39 is 49.3 Å². The number of aliphatic hydroxyl groups is 3. The minimum absolute atomic E-state index is 0.0251. The van der Waals surface area contributed by atoms with Crippen molar-refractivity contribution in [2.75, 3.05) is 6.61 Å². The Bertz CT molecular complexity index is 581. The number of amides is 1. The van der Waals surface area contributed by atoms with Crippen molar-refractivity contribution >= 4 is 12.1 Å². The highest BCUT2D eigenvalue weighted by Gasteiger charge is 2.47. The molecular formula is C16H20NO8. The van der Waals surface area contributed by atoms with Crippen molar-refractivity contribution in [1.29, 1.82) is 0 Å². The normalized spacial score (nSPS) is 28.9. The summed E-state index contributed by atoms with van der Waals surface area (Å²) in [6.07, 6.45) is -8.07. The Morgan fingerprint density at radius 3 is 2.48 bits per heavy atom. The molecule has 0 aliphatic carbocycles. The van der Waals surface area contributed by atoms with Crippen LogP contribution in [0.3, 0.4) is 0 Å². The number of benzene rings is 1. The van der Waals surface area contributed by atoms with Crippen molar-refractivity contribution in [3.8, 4) is 0 Å². The van der Waals surface area contributed by atoms with Crippen LogP contribution >= 0.6 is 0 Å². The predicted molar refractivity (Wildman–Crippen MR) is 82.1 cm³/mol. The Morgan fingerprint density at radius 1 is 1.20 bits per heavy atom. The minimum Gasteiger partial charge on any atom is -0.455 e. The lowest BCUT2D eigenvalue weighted by Gasteiger charge is -2.40. The first kappa shape index (κ1) is 19.1. The number of carbonyl (C=O) groups excluding carboxylic acids is 2. The van der Waals surface area contributed by atoms with E-state index in [0.717, 1.165) is 12.5 Å². The molecule has 137 valence electrons. The third-order valence-corrected chi connectivity index (χ3v) is 3.58. The summed E-state index contributed by atoms with van der Waals surface area (Å²) in [6.45, 7) is 0.459. The molecule has 5 atom stereocenters. The second-order valence-electron chi connectivity index (χ2n) is 5.47. The zero-order valence-electron chi connectivity index (χ0n) is 13.5. The Morgan fingerprint density at radius 2 is 1.88 bits per heavy atom. The van der Waals surface area contributed by atoms with E-state index in [1.54, 1.807) is 24.3 Å². The van der Waals surface area contributed by atoms with E-state index in [-0.39, 0.29) is 6.61 Å². The van der Waals surface area contributed by atoms with Gasteiger partial charge >= 0.3 is 12.1 Å². The van der Waals surface area contributed by atoms with Crippen LogP contribution in [0.25, 0.3) is 0 Å². The molecule has 1 amide bonds. The SMILES string of the molecule is CC(=O)O[C@H]1C([N]C(=O)OCc2ccccc2)O[C@H](CO)[C@@H](O)[C@@H]1O. The van der Waals surface area contributed by atoms with E-state index >= 15 is 0 Å². The molecule has 1 unspecified atom stereocenters. The lowest BCUT2D eigenvalue weighted by atomic mass is 9.98. The molecule has 0 saturated carbocycles. The number of aliphatic hydroxyl groups excluding tert-OH is 3. The highest BCUT2D eigenvalue weighted by atomic mass is 16.6. The van der Waals surface area contributed by atoms with Crippen molar-refractivity contribution in [3.05, 3.63) is 35.9 Å². The van der Waals surface area contributed by atoms with Gasteiger partial charge in [0.05, 0.1) is 6.61 Å².